The standard InChI is InChI=1S/C17H15NO4/c1-18-10-13(16(20)17(18)21)15(19)14-8-7-12(22-14)9-11-5-3-2-4-6-11/h2-8,13H,9-10H2,1H3. The van der Waals surface area contributed by atoms with Gasteiger partial charge in [-0.3, -0.25) is 14.4 Å². The zero-order chi connectivity index (χ0) is 15.7. The quantitative estimate of drug-likeness (QED) is 0.489. The number of furan rings is 1. The second kappa shape index (κ2) is 5.60. The first kappa shape index (κ1) is 14.3. The molecule has 5 heteroatoms. The number of amides is 1. The predicted octanol–water partition coefficient (Wildman–Crippen LogP) is 1.71. The van der Waals surface area contributed by atoms with Crippen molar-refractivity contribution in [3.05, 3.63) is 59.5 Å². The summed E-state index contributed by atoms with van der Waals surface area (Å²) in [5, 5.41) is 0. The van der Waals surface area contributed by atoms with Crippen LogP contribution in [0.3, 0.4) is 0 Å². The molecule has 1 aliphatic rings. The van der Waals surface area contributed by atoms with Crippen LogP contribution in [0.1, 0.15) is 21.9 Å². The molecular formula is C17H15NO4. The lowest BCUT2D eigenvalue weighted by molar-refractivity contribution is -0.139. The van der Waals surface area contributed by atoms with Crippen LogP contribution in [0, 0.1) is 5.92 Å². The molecular weight excluding hydrogens is 282 g/mol. The lowest BCUT2D eigenvalue weighted by Gasteiger charge is -2.06. The molecule has 0 spiro atoms. The monoisotopic (exact) mass is 297 g/mol. The molecule has 2 aromatic rings. The van der Waals surface area contributed by atoms with E-state index in [0.717, 1.165) is 5.56 Å². The first-order chi connectivity index (χ1) is 10.6. The Kier molecular flexibility index (Phi) is 3.63. The highest BCUT2D eigenvalue weighted by molar-refractivity contribution is 6.43. The van der Waals surface area contributed by atoms with Crippen molar-refractivity contribution in [2.75, 3.05) is 13.6 Å². The Labute approximate surface area is 127 Å². The minimum atomic E-state index is -0.951. The predicted molar refractivity (Wildman–Crippen MR) is 78.4 cm³/mol. The van der Waals surface area contributed by atoms with Crippen LogP contribution in [0.5, 0.6) is 0 Å². The fourth-order valence-corrected chi connectivity index (χ4v) is 2.55. The number of benzene rings is 1. The van der Waals surface area contributed by atoms with E-state index in [2.05, 4.69) is 0 Å². The topological polar surface area (TPSA) is 67.6 Å². The maximum Gasteiger partial charge on any atom is 0.290 e. The normalized spacial score (nSPS) is 18.0. The molecule has 1 unspecified atom stereocenters. The van der Waals surface area contributed by atoms with Gasteiger partial charge in [0.15, 0.2) is 5.76 Å². The van der Waals surface area contributed by atoms with Crippen molar-refractivity contribution in [1.29, 1.82) is 0 Å². The zero-order valence-electron chi connectivity index (χ0n) is 12.1. The van der Waals surface area contributed by atoms with Crippen molar-refractivity contribution in [1.82, 2.24) is 4.90 Å². The summed E-state index contributed by atoms with van der Waals surface area (Å²) in [5.41, 5.74) is 1.07. The van der Waals surface area contributed by atoms with E-state index in [9.17, 15) is 14.4 Å². The number of ketones is 2. The van der Waals surface area contributed by atoms with Gasteiger partial charge in [-0.15, -0.1) is 0 Å². The minimum Gasteiger partial charge on any atom is -0.458 e. The molecule has 1 aromatic carbocycles. The van der Waals surface area contributed by atoms with E-state index in [1.54, 1.807) is 12.1 Å². The minimum absolute atomic E-state index is 0.116. The summed E-state index contributed by atoms with van der Waals surface area (Å²) in [7, 11) is 1.51. The van der Waals surface area contributed by atoms with E-state index in [-0.39, 0.29) is 12.3 Å². The molecule has 0 N–H and O–H groups in total. The molecule has 2 heterocycles. The van der Waals surface area contributed by atoms with Gasteiger partial charge in [-0.05, 0) is 17.7 Å². The summed E-state index contributed by atoms with van der Waals surface area (Å²) >= 11 is 0. The third kappa shape index (κ3) is 2.57. The van der Waals surface area contributed by atoms with Crippen LogP contribution in [0.25, 0.3) is 0 Å². The number of likely N-dealkylation sites (tertiary alicyclic amines) is 1. The summed E-state index contributed by atoms with van der Waals surface area (Å²) < 4.78 is 5.55. The molecule has 0 aliphatic carbocycles. The molecule has 0 radical (unpaired) electrons. The number of likely N-dealkylation sites (N-methyl/N-ethyl adjacent to an activating group) is 1. The molecule has 1 amide bonds. The highest BCUT2D eigenvalue weighted by atomic mass is 16.3. The first-order valence-corrected chi connectivity index (χ1v) is 7.02. The SMILES string of the molecule is CN1CC(C(=O)c2ccc(Cc3ccccc3)o2)C(=O)C1=O. The number of nitrogens with zero attached hydrogens (tertiary/aromatic N) is 1. The lowest BCUT2D eigenvalue weighted by Crippen LogP contribution is -2.23. The van der Waals surface area contributed by atoms with Crippen molar-refractivity contribution in [2.45, 2.75) is 6.42 Å². The summed E-state index contributed by atoms with van der Waals surface area (Å²) in [6.07, 6.45) is 0.575. The van der Waals surface area contributed by atoms with Crippen molar-refractivity contribution >= 4 is 17.5 Å². The van der Waals surface area contributed by atoms with Crippen molar-refractivity contribution in [3.8, 4) is 0 Å². The Morgan fingerprint density at radius 2 is 1.91 bits per heavy atom. The third-order valence-corrected chi connectivity index (χ3v) is 3.77. The number of Topliss-reactive ketones (excluding diaryl/α,β-unsaturated/α-hetero) is 2. The Morgan fingerprint density at radius 1 is 1.18 bits per heavy atom. The van der Waals surface area contributed by atoms with Gasteiger partial charge in [-0.2, -0.15) is 0 Å². The number of hydrogen-bond acceptors (Lipinski definition) is 4. The molecule has 112 valence electrons. The van der Waals surface area contributed by atoms with Gasteiger partial charge >= 0.3 is 0 Å². The Bertz CT molecular complexity index is 732. The number of carbonyl (C=O) groups is 3. The molecule has 1 fully saturated rings. The fourth-order valence-electron chi connectivity index (χ4n) is 2.55. The first-order valence-electron chi connectivity index (χ1n) is 7.02. The Hall–Kier alpha value is -2.69. The maximum absolute atomic E-state index is 12.3. The molecule has 22 heavy (non-hydrogen) atoms. The van der Waals surface area contributed by atoms with Gasteiger partial charge in [0.25, 0.3) is 5.91 Å². The largest absolute Gasteiger partial charge is 0.458 e. The molecule has 1 atom stereocenters. The van der Waals surface area contributed by atoms with E-state index in [0.29, 0.717) is 12.2 Å². The van der Waals surface area contributed by atoms with Gasteiger partial charge in [-0.1, -0.05) is 30.3 Å². The van der Waals surface area contributed by atoms with Gasteiger partial charge in [0, 0.05) is 20.0 Å². The number of rotatable bonds is 4. The third-order valence-electron chi connectivity index (χ3n) is 3.77. The second-order valence-electron chi connectivity index (χ2n) is 5.40. The number of carbonyl (C=O) groups excluding carboxylic acids is 3. The summed E-state index contributed by atoms with van der Waals surface area (Å²) in [5.74, 6) is -1.87. The van der Waals surface area contributed by atoms with E-state index in [4.69, 9.17) is 4.42 Å². The van der Waals surface area contributed by atoms with E-state index in [1.165, 1.54) is 11.9 Å². The lowest BCUT2D eigenvalue weighted by atomic mass is 10.0. The van der Waals surface area contributed by atoms with Crippen LogP contribution < -0.4 is 0 Å². The van der Waals surface area contributed by atoms with E-state index < -0.39 is 23.4 Å². The summed E-state index contributed by atoms with van der Waals surface area (Å²) in [4.78, 5) is 36.8. The summed E-state index contributed by atoms with van der Waals surface area (Å²) in [6, 6.07) is 13.0. The molecule has 1 aromatic heterocycles. The average Bonchev–Trinajstić information content (AvgIpc) is 3.08. The van der Waals surface area contributed by atoms with E-state index >= 15 is 0 Å². The maximum atomic E-state index is 12.3. The van der Waals surface area contributed by atoms with Crippen molar-refractivity contribution in [3.63, 3.8) is 0 Å². The van der Waals surface area contributed by atoms with Crippen LogP contribution in [-0.2, 0) is 16.0 Å². The summed E-state index contributed by atoms with van der Waals surface area (Å²) in [6.45, 7) is 0.116. The smallest absolute Gasteiger partial charge is 0.290 e. The molecule has 5 nitrogen and oxygen atoms in total. The molecule has 1 saturated heterocycles. The van der Waals surface area contributed by atoms with Crippen LogP contribution in [0.4, 0.5) is 0 Å². The highest BCUT2D eigenvalue weighted by Crippen LogP contribution is 2.21. The van der Waals surface area contributed by atoms with Crippen LogP contribution >= 0.6 is 0 Å². The van der Waals surface area contributed by atoms with Crippen LogP contribution in [0.2, 0.25) is 0 Å². The van der Waals surface area contributed by atoms with Crippen LogP contribution in [0.15, 0.2) is 46.9 Å². The Morgan fingerprint density at radius 3 is 2.55 bits per heavy atom. The van der Waals surface area contributed by atoms with E-state index in [1.807, 2.05) is 30.3 Å². The molecule has 0 saturated carbocycles. The van der Waals surface area contributed by atoms with Gasteiger partial charge < -0.3 is 9.32 Å². The molecule has 0 bridgehead atoms. The van der Waals surface area contributed by atoms with Gasteiger partial charge in [0.1, 0.15) is 11.7 Å². The second-order valence-corrected chi connectivity index (χ2v) is 5.40. The average molecular weight is 297 g/mol. The molecule has 3 rings (SSSR count). The van der Waals surface area contributed by atoms with Crippen molar-refractivity contribution < 1.29 is 18.8 Å². The fraction of sp³-hybridized carbons (Fsp3) is 0.235. The number of hydrogen-bond donors (Lipinski definition) is 0. The van der Waals surface area contributed by atoms with Crippen LogP contribution in [-0.4, -0.2) is 36.0 Å². The Balaban J connectivity index is 1.75. The highest BCUT2D eigenvalue weighted by Gasteiger charge is 2.42. The van der Waals surface area contributed by atoms with Crippen molar-refractivity contribution in [2.24, 2.45) is 5.92 Å². The van der Waals surface area contributed by atoms with Gasteiger partial charge in [-0.25, -0.2) is 0 Å². The zero-order valence-corrected chi connectivity index (χ0v) is 12.1. The van der Waals surface area contributed by atoms with Gasteiger partial charge in [0.2, 0.25) is 11.6 Å². The molecule has 1 aliphatic heterocycles. The van der Waals surface area contributed by atoms with Gasteiger partial charge in [0.05, 0.1) is 0 Å².